The molecule has 164 valence electrons. The molecule has 7 heteroatoms. The van der Waals surface area contributed by atoms with Gasteiger partial charge in [0.2, 0.25) is 0 Å². The second kappa shape index (κ2) is 13.3. The van der Waals surface area contributed by atoms with Crippen LogP contribution in [-0.4, -0.2) is 39.4 Å². The Morgan fingerprint density at radius 3 is 2.40 bits per heavy atom. The maximum atomic E-state index is 12.0. The van der Waals surface area contributed by atoms with Gasteiger partial charge in [-0.25, -0.2) is 4.79 Å². The molecule has 0 unspecified atom stereocenters. The first kappa shape index (κ1) is 23.3. The number of rotatable bonds is 13. The van der Waals surface area contributed by atoms with Crippen LogP contribution >= 0.6 is 0 Å². The monoisotopic (exact) mass is 415 g/mol. The molecule has 0 bridgehead atoms. The van der Waals surface area contributed by atoms with Crippen LogP contribution in [0.3, 0.4) is 0 Å². The van der Waals surface area contributed by atoms with Crippen molar-refractivity contribution in [3.8, 4) is 17.2 Å². The maximum absolute atomic E-state index is 12.0. The van der Waals surface area contributed by atoms with Gasteiger partial charge in [-0.3, -0.25) is 0 Å². The molecule has 0 aliphatic rings. The highest BCUT2D eigenvalue weighted by atomic mass is 16.5. The average Bonchev–Trinajstić information content (AvgIpc) is 2.75. The van der Waals surface area contributed by atoms with Crippen LogP contribution in [0.25, 0.3) is 0 Å². The van der Waals surface area contributed by atoms with Gasteiger partial charge < -0.3 is 30.2 Å². The molecule has 2 aromatic carbocycles. The molecule has 0 aliphatic heterocycles. The van der Waals surface area contributed by atoms with Crippen molar-refractivity contribution in [1.82, 2.24) is 5.32 Å². The summed E-state index contributed by atoms with van der Waals surface area (Å²) in [6.45, 7) is 6.58. The van der Waals surface area contributed by atoms with Gasteiger partial charge in [-0.2, -0.15) is 0 Å². The molecule has 0 atom stereocenters. The van der Waals surface area contributed by atoms with E-state index >= 15 is 0 Å². The first-order chi connectivity index (χ1) is 14.7. The minimum absolute atomic E-state index is 0.223. The van der Waals surface area contributed by atoms with Crippen molar-refractivity contribution < 1.29 is 19.0 Å². The molecule has 0 aliphatic carbocycles. The third-order valence-electron chi connectivity index (χ3n) is 4.28. The zero-order valence-corrected chi connectivity index (χ0v) is 18.1. The Hall–Kier alpha value is -2.93. The molecular formula is C23H33N3O4. The van der Waals surface area contributed by atoms with E-state index in [1.807, 2.05) is 31.2 Å². The van der Waals surface area contributed by atoms with Crippen molar-refractivity contribution in [2.75, 3.05) is 44.0 Å². The fraction of sp³-hybridized carbons (Fsp3) is 0.435. The van der Waals surface area contributed by atoms with Gasteiger partial charge in [-0.15, -0.1) is 0 Å². The van der Waals surface area contributed by atoms with Crippen molar-refractivity contribution in [3.05, 3.63) is 42.5 Å². The molecular weight excluding hydrogens is 382 g/mol. The summed E-state index contributed by atoms with van der Waals surface area (Å²) in [4.78, 5) is 12.0. The predicted octanol–water partition coefficient (Wildman–Crippen LogP) is 5.25. The zero-order chi connectivity index (χ0) is 21.6. The molecule has 0 spiro atoms. The first-order valence-electron chi connectivity index (χ1n) is 10.5. The van der Waals surface area contributed by atoms with Gasteiger partial charge in [0.25, 0.3) is 0 Å². The summed E-state index contributed by atoms with van der Waals surface area (Å²) in [5.41, 5.74) is 1.64. The van der Waals surface area contributed by atoms with E-state index in [1.54, 1.807) is 25.3 Å². The molecule has 0 saturated heterocycles. The van der Waals surface area contributed by atoms with Gasteiger partial charge in [0.15, 0.2) is 11.5 Å². The van der Waals surface area contributed by atoms with Gasteiger partial charge in [0, 0.05) is 37.6 Å². The number of unbranched alkanes of at least 4 members (excludes halogenated alkanes) is 2. The van der Waals surface area contributed by atoms with Crippen LogP contribution in [0.5, 0.6) is 17.2 Å². The minimum Gasteiger partial charge on any atom is -0.490 e. The lowest BCUT2D eigenvalue weighted by Gasteiger charge is -2.14. The summed E-state index contributed by atoms with van der Waals surface area (Å²) in [6.07, 6.45) is 3.20. The molecule has 0 radical (unpaired) electrons. The number of benzene rings is 2. The van der Waals surface area contributed by atoms with Crippen molar-refractivity contribution in [2.24, 2.45) is 0 Å². The number of carbonyl (C=O) groups excluding carboxylic acids is 1. The highest BCUT2D eigenvalue weighted by Gasteiger charge is 2.10. The quantitative estimate of drug-likeness (QED) is 0.390. The number of anilines is 2. The summed E-state index contributed by atoms with van der Waals surface area (Å²) < 4.78 is 16.7. The molecule has 30 heavy (non-hydrogen) atoms. The number of nitrogens with one attached hydrogen (secondary N) is 3. The van der Waals surface area contributed by atoms with E-state index < -0.39 is 0 Å². The van der Waals surface area contributed by atoms with E-state index in [-0.39, 0.29) is 6.03 Å². The van der Waals surface area contributed by atoms with Gasteiger partial charge in [-0.1, -0.05) is 19.8 Å². The lowest BCUT2D eigenvalue weighted by atomic mass is 10.2. The molecule has 0 fully saturated rings. The number of urea groups is 1. The van der Waals surface area contributed by atoms with Crippen LogP contribution in [0.4, 0.5) is 16.2 Å². The van der Waals surface area contributed by atoms with Crippen molar-refractivity contribution in [2.45, 2.75) is 33.1 Å². The van der Waals surface area contributed by atoms with E-state index in [2.05, 4.69) is 22.9 Å². The minimum atomic E-state index is -0.223. The highest BCUT2D eigenvalue weighted by molar-refractivity contribution is 5.89. The van der Waals surface area contributed by atoms with Gasteiger partial charge >= 0.3 is 6.03 Å². The average molecular weight is 416 g/mol. The summed E-state index contributed by atoms with van der Waals surface area (Å²) >= 11 is 0. The standard InChI is InChI=1S/C23H33N3O4/c1-4-6-7-14-25-23(27)26-19-10-13-21(22(17-19)29-5-2)30-20-11-8-18(9-12-20)24-15-16-28-3/h8-13,17,24H,4-7,14-16H2,1-3H3,(H2,25,26,27). The van der Waals surface area contributed by atoms with Crippen LogP contribution in [0.2, 0.25) is 0 Å². The van der Waals surface area contributed by atoms with Gasteiger partial charge in [0.05, 0.1) is 13.2 Å². The third-order valence-corrected chi connectivity index (χ3v) is 4.28. The fourth-order valence-corrected chi connectivity index (χ4v) is 2.76. The van der Waals surface area contributed by atoms with Gasteiger partial charge in [0.1, 0.15) is 5.75 Å². The largest absolute Gasteiger partial charge is 0.490 e. The molecule has 2 amide bonds. The Morgan fingerprint density at radius 2 is 1.70 bits per heavy atom. The van der Waals surface area contributed by atoms with Crippen molar-refractivity contribution in [1.29, 1.82) is 0 Å². The Balaban J connectivity index is 1.98. The topological polar surface area (TPSA) is 80.9 Å². The number of hydrogen-bond donors (Lipinski definition) is 3. The van der Waals surface area contributed by atoms with Crippen molar-refractivity contribution in [3.63, 3.8) is 0 Å². The number of carbonyl (C=O) groups is 1. The van der Waals surface area contributed by atoms with Crippen LogP contribution in [0.15, 0.2) is 42.5 Å². The number of ether oxygens (including phenoxy) is 3. The molecule has 3 N–H and O–H groups in total. The second-order valence-electron chi connectivity index (χ2n) is 6.73. The van der Waals surface area contributed by atoms with Gasteiger partial charge in [-0.05, 0) is 49.7 Å². The predicted molar refractivity (Wildman–Crippen MR) is 121 cm³/mol. The van der Waals surface area contributed by atoms with Crippen LogP contribution in [0.1, 0.15) is 33.1 Å². The van der Waals surface area contributed by atoms with E-state index in [0.29, 0.717) is 42.7 Å². The lowest BCUT2D eigenvalue weighted by Crippen LogP contribution is -2.29. The Bertz CT molecular complexity index is 766. The number of amides is 2. The summed E-state index contributed by atoms with van der Waals surface area (Å²) in [6, 6.07) is 12.8. The molecule has 2 rings (SSSR count). The number of hydrogen-bond acceptors (Lipinski definition) is 5. The Labute approximate surface area is 179 Å². The van der Waals surface area contributed by atoms with E-state index in [9.17, 15) is 4.79 Å². The van der Waals surface area contributed by atoms with E-state index in [0.717, 1.165) is 31.5 Å². The van der Waals surface area contributed by atoms with Crippen LogP contribution in [-0.2, 0) is 4.74 Å². The smallest absolute Gasteiger partial charge is 0.319 e. The SMILES string of the molecule is CCCCCNC(=O)Nc1ccc(Oc2ccc(NCCOC)cc2)c(OCC)c1. The zero-order valence-electron chi connectivity index (χ0n) is 18.1. The van der Waals surface area contributed by atoms with Crippen LogP contribution < -0.4 is 25.4 Å². The Kier molecular flexibility index (Phi) is 10.4. The normalized spacial score (nSPS) is 10.4. The first-order valence-corrected chi connectivity index (χ1v) is 10.5. The molecule has 2 aromatic rings. The van der Waals surface area contributed by atoms with Crippen molar-refractivity contribution >= 4 is 17.4 Å². The third kappa shape index (κ3) is 8.21. The summed E-state index contributed by atoms with van der Waals surface area (Å²) in [5, 5.41) is 8.96. The van der Waals surface area contributed by atoms with E-state index in [1.165, 1.54) is 0 Å². The second-order valence-corrected chi connectivity index (χ2v) is 6.73. The molecule has 0 aromatic heterocycles. The number of methoxy groups -OCH3 is 1. The maximum Gasteiger partial charge on any atom is 0.319 e. The Morgan fingerprint density at radius 1 is 0.933 bits per heavy atom. The summed E-state index contributed by atoms with van der Waals surface area (Å²) in [5.74, 6) is 1.86. The van der Waals surface area contributed by atoms with Crippen LogP contribution in [0, 0.1) is 0 Å². The fourth-order valence-electron chi connectivity index (χ4n) is 2.76. The molecule has 7 nitrogen and oxygen atoms in total. The lowest BCUT2D eigenvalue weighted by molar-refractivity contribution is 0.211. The summed E-state index contributed by atoms with van der Waals surface area (Å²) in [7, 11) is 1.68. The van der Waals surface area contributed by atoms with E-state index in [4.69, 9.17) is 14.2 Å². The highest BCUT2D eigenvalue weighted by Crippen LogP contribution is 2.34. The molecule has 0 heterocycles. The molecule has 0 saturated carbocycles.